The lowest BCUT2D eigenvalue weighted by atomic mass is 10.1. The van der Waals surface area contributed by atoms with Crippen molar-refractivity contribution in [3.05, 3.63) is 41.8 Å². The highest BCUT2D eigenvalue weighted by Gasteiger charge is 2.04. The number of hydrogen-bond acceptors (Lipinski definition) is 0. The summed E-state index contributed by atoms with van der Waals surface area (Å²) in [6.45, 7) is 1.87. The Bertz CT molecular complexity index is 214. The van der Waals surface area contributed by atoms with Crippen LogP contribution in [0.1, 0.15) is 24.5 Å². The van der Waals surface area contributed by atoms with Gasteiger partial charge in [-0.25, -0.2) is 8.78 Å². The maximum Gasteiger partial charge on any atom is 0.263 e. The molecule has 1 radical (unpaired) electrons. The third kappa shape index (κ3) is 2.00. The van der Waals surface area contributed by atoms with Crippen LogP contribution in [-0.2, 0) is 0 Å². The van der Waals surface area contributed by atoms with Crippen molar-refractivity contribution in [3.8, 4) is 0 Å². The largest absolute Gasteiger partial charge is 0.263 e. The summed E-state index contributed by atoms with van der Waals surface area (Å²) in [6.07, 6.45) is -0.490. The van der Waals surface area contributed by atoms with Crippen LogP contribution in [0.25, 0.3) is 0 Å². The third-order valence-corrected chi connectivity index (χ3v) is 1.52. The van der Waals surface area contributed by atoms with E-state index in [0.717, 1.165) is 5.56 Å². The quantitative estimate of drug-likeness (QED) is 0.615. The van der Waals surface area contributed by atoms with E-state index >= 15 is 0 Å². The van der Waals surface area contributed by atoms with Crippen LogP contribution in [0.15, 0.2) is 24.3 Å². The van der Waals surface area contributed by atoms with E-state index in [0.29, 0.717) is 0 Å². The van der Waals surface area contributed by atoms with Crippen molar-refractivity contribution in [2.24, 2.45) is 0 Å². The minimum Gasteiger partial charge on any atom is -0.205 e. The second-order valence-corrected chi connectivity index (χ2v) is 2.26. The second kappa shape index (κ2) is 3.46. The minimum atomic E-state index is -2.36. The van der Waals surface area contributed by atoms with Gasteiger partial charge in [0.2, 0.25) is 0 Å². The molecule has 0 saturated carbocycles. The van der Waals surface area contributed by atoms with Gasteiger partial charge in [-0.2, -0.15) is 0 Å². The van der Waals surface area contributed by atoms with Gasteiger partial charge in [0, 0.05) is 5.56 Å². The first-order chi connectivity index (χ1) is 5.24. The second-order valence-electron chi connectivity index (χ2n) is 2.26. The summed E-state index contributed by atoms with van der Waals surface area (Å²) < 4.78 is 24.0. The van der Waals surface area contributed by atoms with Crippen molar-refractivity contribution in [1.82, 2.24) is 0 Å². The van der Waals surface area contributed by atoms with E-state index in [1.807, 2.05) is 13.3 Å². The highest BCUT2D eigenvalue weighted by molar-refractivity contribution is 5.27. The molecule has 0 nitrogen and oxygen atoms in total. The summed E-state index contributed by atoms with van der Waals surface area (Å²) in [4.78, 5) is 0. The van der Waals surface area contributed by atoms with E-state index in [1.165, 1.54) is 12.1 Å². The molecule has 0 bridgehead atoms. The lowest BCUT2D eigenvalue weighted by Crippen LogP contribution is -1.84. The molecule has 0 atom stereocenters. The van der Waals surface area contributed by atoms with Crippen molar-refractivity contribution >= 4 is 0 Å². The van der Waals surface area contributed by atoms with Crippen molar-refractivity contribution in [2.75, 3.05) is 0 Å². The Morgan fingerprint density at radius 3 is 2.09 bits per heavy atom. The van der Waals surface area contributed by atoms with Crippen LogP contribution in [0.4, 0.5) is 8.78 Å². The van der Waals surface area contributed by atoms with Gasteiger partial charge in [0.15, 0.2) is 0 Å². The van der Waals surface area contributed by atoms with Crippen LogP contribution in [0.5, 0.6) is 0 Å². The summed E-state index contributed by atoms with van der Waals surface area (Å²) in [5, 5.41) is 0. The monoisotopic (exact) mass is 155 g/mol. The van der Waals surface area contributed by atoms with Gasteiger partial charge in [-0.05, 0) is 12.0 Å². The first kappa shape index (κ1) is 8.18. The Morgan fingerprint density at radius 2 is 1.73 bits per heavy atom. The summed E-state index contributed by atoms with van der Waals surface area (Å²) in [6, 6.07) is 6.25. The molecular formula is C9H9F2. The van der Waals surface area contributed by atoms with Gasteiger partial charge < -0.3 is 0 Å². The van der Waals surface area contributed by atoms with Gasteiger partial charge in [-0.1, -0.05) is 31.2 Å². The molecule has 0 aliphatic carbocycles. The lowest BCUT2D eigenvalue weighted by molar-refractivity contribution is 0.151. The van der Waals surface area contributed by atoms with Crippen LogP contribution in [0.3, 0.4) is 0 Å². The van der Waals surface area contributed by atoms with Crippen LogP contribution in [0.2, 0.25) is 0 Å². The number of benzene rings is 1. The summed E-state index contributed by atoms with van der Waals surface area (Å²) in [7, 11) is 0. The fourth-order valence-corrected chi connectivity index (χ4v) is 0.834. The molecule has 0 N–H and O–H groups in total. The molecule has 2 heteroatoms. The number of rotatable bonds is 2. The predicted molar refractivity (Wildman–Crippen MR) is 40.5 cm³/mol. The first-order valence-corrected chi connectivity index (χ1v) is 3.41. The van der Waals surface area contributed by atoms with Crippen molar-refractivity contribution in [1.29, 1.82) is 0 Å². The van der Waals surface area contributed by atoms with Crippen molar-refractivity contribution < 1.29 is 8.78 Å². The molecule has 0 fully saturated rings. The van der Waals surface area contributed by atoms with Gasteiger partial charge >= 0.3 is 0 Å². The Morgan fingerprint density at radius 1 is 1.18 bits per heavy atom. The third-order valence-electron chi connectivity index (χ3n) is 1.52. The van der Waals surface area contributed by atoms with Crippen LogP contribution >= 0.6 is 0 Å². The molecule has 0 amide bonds. The molecule has 1 aromatic rings. The molecule has 0 heterocycles. The number of hydrogen-bond donors (Lipinski definition) is 0. The smallest absolute Gasteiger partial charge is 0.205 e. The normalized spacial score (nSPS) is 10.5. The standard InChI is InChI=1S/C9H9F2/c1-2-7-3-5-8(6-4-7)9(10)11/h2-6,9H,1H3. The molecule has 0 spiro atoms. The van der Waals surface area contributed by atoms with E-state index in [4.69, 9.17) is 0 Å². The zero-order valence-electron chi connectivity index (χ0n) is 6.22. The molecular weight excluding hydrogens is 146 g/mol. The molecule has 1 rings (SSSR count). The van der Waals surface area contributed by atoms with Gasteiger partial charge in [-0.15, -0.1) is 0 Å². The summed E-state index contributed by atoms with van der Waals surface area (Å²) in [5.41, 5.74) is 1.05. The van der Waals surface area contributed by atoms with Crippen molar-refractivity contribution in [3.63, 3.8) is 0 Å². The topological polar surface area (TPSA) is 0 Å². The average molecular weight is 155 g/mol. The Hall–Kier alpha value is -0.920. The average Bonchev–Trinajstić information content (AvgIpc) is 2.05. The van der Waals surface area contributed by atoms with E-state index in [1.54, 1.807) is 12.1 Å². The Kier molecular flexibility index (Phi) is 2.58. The van der Waals surface area contributed by atoms with E-state index < -0.39 is 6.43 Å². The zero-order chi connectivity index (χ0) is 8.27. The van der Waals surface area contributed by atoms with Crippen LogP contribution in [0, 0.1) is 6.42 Å². The van der Waals surface area contributed by atoms with E-state index in [-0.39, 0.29) is 5.56 Å². The minimum absolute atomic E-state index is 0.0793. The Labute approximate surface area is 64.9 Å². The number of alkyl halides is 2. The molecule has 1 aromatic carbocycles. The maximum atomic E-state index is 12.0. The first-order valence-electron chi connectivity index (χ1n) is 3.41. The summed E-state index contributed by atoms with van der Waals surface area (Å²) >= 11 is 0. The maximum absolute atomic E-state index is 12.0. The molecule has 0 unspecified atom stereocenters. The van der Waals surface area contributed by atoms with Gasteiger partial charge in [0.1, 0.15) is 0 Å². The van der Waals surface area contributed by atoms with Crippen molar-refractivity contribution in [2.45, 2.75) is 13.3 Å². The zero-order valence-corrected chi connectivity index (χ0v) is 6.22. The van der Waals surface area contributed by atoms with E-state index in [2.05, 4.69) is 0 Å². The van der Waals surface area contributed by atoms with Gasteiger partial charge in [0.25, 0.3) is 6.43 Å². The molecule has 59 valence electrons. The predicted octanol–water partition coefficient (Wildman–Crippen LogP) is 3.20. The highest BCUT2D eigenvalue weighted by atomic mass is 19.3. The van der Waals surface area contributed by atoms with Crippen LogP contribution < -0.4 is 0 Å². The Balaban J connectivity index is 2.83. The molecule has 0 aromatic heterocycles. The molecule has 11 heavy (non-hydrogen) atoms. The lowest BCUT2D eigenvalue weighted by Gasteiger charge is -1.99. The highest BCUT2D eigenvalue weighted by Crippen LogP contribution is 2.18. The SMILES string of the molecule is C[CH]c1ccc(C(F)F)cc1. The fraction of sp³-hybridized carbons (Fsp3) is 0.222. The van der Waals surface area contributed by atoms with Gasteiger partial charge in [-0.3, -0.25) is 0 Å². The van der Waals surface area contributed by atoms with E-state index in [9.17, 15) is 8.78 Å². The van der Waals surface area contributed by atoms with Crippen LogP contribution in [-0.4, -0.2) is 0 Å². The van der Waals surface area contributed by atoms with Gasteiger partial charge in [0.05, 0.1) is 0 Å². The molecule has 0 saturated heterocycles. The summed E-state index contributed by atoms with van der Waals surface area (Å²) in [5.74, 6) is 0. The fourth-order valence-electron chi connectivity index (χ4n) is 0.834. The number of halogens is 2. The molecule has 0 aliphatic heterocycles. The molecule has 0 aliphatic rings.